The van der Waals surface area contributed by atoms with Crippen LogP contribution in [0.4, 0.5) is 10.8 Å². The number of benzene rings is 1. The smallest absolute Gasteiger partial charge is 0.410 e. The van der Waals surface area contributed by atoms with Crippen molar-refractivity contribution < 1.29 is 23.5 Å². The number of anilines is 1. The molecule has 0 unspecified atom stereocenters. The van der Waals surface area contributed by atoms with Crippen LogP contribution in [-0.4, -0.2) is 53.8 Å². The van der Waals surface area contributed by atoms with Gasteiger partial charge in [-0.15, -0.1) is 0 Å². The summed E-state index contributed by atoms with van der Waals surface area (Å²) in [5.41, 5.74) is 0.773. The van der Waals surface area contributed by atoms with E-state index in [1.54, 1.807) is 23.1 Å². The molecule has 0 aliphatic carbocycles. The fourth-order valence-electron chi connectivity index (χ4n) is 2.50. The number of carbonyl (C=O) groups is 2. The third-order valence-corrected chi connectivity index (χ3v) is 3.69. The van der Waals surface area contributed by atoms with Gasteiger partial charge in [0.15, 0.2) is 5.58 Å². The molecule has 1 amide bonds. The summed E-state index contributed by atoms with van der Waals surface area (Å²) in [5, 5.41) is 3.12. The maximum Gasteiger partial charge on any atom is 0.410 e. The van der Waals surface area contributed by atoms with E-state index in [0.717, 1.165) is 0 Å². The van der Waals surface area contributed by atoms with E-state index in [9.17, 15) is 9.59 Å². The number of aromatic nitrogens is 1. The van der Waals surface area contributed by atoms with E-state index in [4.69, 9.17) is 13.9 Å². The van der Waals surface area contributed by atoms with E-state index in [1.807, 2.05) is 20.8 Å². The molecule has 1 aliphatic rings. The molecule has 0 atom stereocenters. The van der Waals surface area contributed by atoms with Gasteiger partial charge in [-0.3, -0.25) is 0 Å². The number of nitrogens with zero attached hydrogens (tertiary/aromatic N) is 2. The minimum atomic E-state index is -0.514. The van der Waals surface area contributed by atoms with Gasteiger partial charge in [0, 0.05) is 13.1 Å². The maximum atomic E-state index is 11.9. The zero-order valence-corrected chi connectivity index (χ0v) is 14.7. The number of hydrogen-bond donors (Lipinski definition) is 1. The SMILES string of the molecule is COC(=O)c1cccc2oc(NC3CN(C(=O)OC(C)(C)C)C3)nc12. The molecule has 8 nitrogen and oxygen atoms in total. The highest BCUT2D eigenvalue weighted by molar-refractivity contribution is 6.01. The summed E-state index contributed by atoms with van der Waals surface area (Å²) >= 11 is 0. The van der Waals surface area contributed by atoms with Crippen LogP contribution >= 0.6 is 0 Å². The molecular weight excluding hydrogens is 326 g/mol. The second-order valence-electron chi connectivity index (χ2n) is 6.89. The number of likely N-dealkylation sites (tertiary alicyclic amines) is 1. The lowest BCUT2D eigenvalue weighted by Crippen LogP contribution is -2.57. The Morgan fingerprint density at radius 3 is 2.68 bits per heavy atom. The van der Waals surface area contributed by atoms with Crippen molar-refractivity contribution in [3.05, 3.63) is 23.8 Å². The molecule has 25 heavy (non-hydrogen) atoms. The van der Waals surface area contributed by atoms with Gasteiger partial charge in [-0.1, -0.05) is 6.07 Å². The van der Waals surface area contributed by atoms with Crippen LogP contribution in [0.5, 0.6) is 0 Å². The van der Waals surface area contributed by atoms with Crippen molar-refractivity contribution in [2.75, 3.05) is 25.5 Å². The van der Waals surface area contributed by atoms with Crippen molar-refractivity contribution in [3.63, 3.8) is 0 Å². The van der Waals surface area contributed by atoms with E-state index in [0.29, 0.717) is 35.8 Å². The number of hydrogen-bond acceptors (Lipinski definition) is 7. The van der Waals surface area contributed by atoms with Gasteiger partial charge in [0.2, 0.25) is 0 Å². The van der Waals surface area contributed by atoms with Gasteiger partial charge in [0.05, 0.1) is 18.7 Å². The monoisotopic (exact) mass is 347 g/mol. The Hall–Kier alpha value is -2.77. The zero-order chi connectivity index (χ0) is 18.2. The lowest BCUT2D eigenvalue weighted by Gasteiger charge is -2.39. The molecular formula is C17H21N3O5. The maximum absolute atomic E-state index is 11.9. The standard InChI is InChI=1S/C17H21N3O5/c1-17(2,3)25-16(22)20-8-10(9-20)18-15-19-13-11(14(21)23-4)6-5-7-12(13)24-15/h5-7,10H,8-9H2,1-4H3,(H,18,19). The zero-order valence-electron chi connectivity index (χ0n) is 14.7. The first-order valence-electron chi connectivity index (χ1n) is 7.99. The van der Waals surface area contributed by atoms with E-state index in [-0.39, 0.29) is 12.1 Å². The van der Waals surface area contributed by atoms with Crippen LogP contribution in [0.2, 0.25) is 0 Å². The molecule has 0 bridgehead atoms. The number of amides is 1. The second kappa shape index (κ2) is 6.27. The normalized spacial score (nSPS) is 15.0. The summed E-state index contributed by atoms with van der Waals surface area (Å²) < 4.78 is 15.7. The highest BCUT2D eigenvalue weighted by Gasteiger charge is 2.34. The Labute approximate surface area is 145 Å². The largest absolute Gasteiger partial charge is 0.465 e. The van der Waals surface area contributed by atoms with Crippen molar-refractivity contribution in [2.45, 2.75) is 32.4 Å². The molecule has 1 saturated heterocycles. The van der Waals surface area contributed by atoms with Gasteiger partial charge in [-0.25, -0.2) is 9.59 Å². The fraction of sp³-hybridized carbons (Fsp3) is 0.471. The predicted octanol–water partition coefficient (Wildman–Crippen LogP) is 2.65. The number of methoxy groups -OCH3 is 1. The highest BCUT2D eigenvalue weighted by Crippen LogP contribution is 2.25. The van der Waals surface area contributed by atoms with Crippen LogP contribution in [0.25, 0.3) is 11.1 Å². The summed E-state index contributed by atoms with van der Waals surface area (Å²) in [6.45, 7) is 6.49. The summed E-state index contributed by atoms with van der Waals surface area (Å²) in [4.78, 5) is 29.6. The van der Waals surface area contributed by atoms with Crippen LogP contribution in [-0.2, 0) is 9.47 Å². The van der Waals surface area contributed by atoms with E-state index in [1.165, 1.54) is 7.11 Å². The van der Waals surface area contributed by atoms with Crippen molar-refractivity contribution in [2.24, 2.45) is 0 Å². The topological polar surface area (TPSA) is 93.9 Å². The van der Waals surface area contributed by atoms with Gasteiger partial charge < -0.3 is 24.1 Å². The van der Waals surface area contributed by atoms with Crippen molar-refractivity contribution >= 4 is 29.2 Å². The van der Waals surface area contributed by atoms with Gasteiger partial charge >= 0.3 is 12.1 Å². The van der Waals surface area contributed by atoms with Crippen LogP contribution in [0, 0.1) is 0 Å². The Balaban J connectivity index is 1.64. The van der Waals surface area contributed by atoms with Crippen LogP contribution in [0.1, 0.15) is 31.1 Å². The molecule has 3 rings (SSSR count). The molecule has 1 fully saturated rings. The highest BCUT2D eigenvalue weighted by atomic mass is 16.6. The molecule has 2 aromatic rings. The third-order valence-electron chi connectivity index (χ3n) is 3.69. The number of esters is 1. The minimum Gasteiger partial charge on any atom is -0.465 e. The number of oxazole rings is 1. The summed E-state index contributed by atoms with van der Waals surface area (Å²) in [6.07, 6.45) is -0.337. The van der Waals surface area contributed by atoms with Crippen molar-refractivity contribution in [1.82, 2.24) is 9.88 Å². The van der Waals surface area contributed by atoms with Gasteiger partial charge in [0.25, 0.3) is 6.01 Å². The first-order valence-corrected chi connectivity index (χ1v) is 7.99. The minimum absolute atomic E-state index is 0.0159. The summed E-state index contributed by atoms with van der Waals surface area (Å²) in [5.74, 6) is -0.467. The van der Waals surface area contributed by atoms with Gasteiger partial charge in [-0.05, 0) is 32.9 Å². The molecule has 0 radical (unpaired) electrons. The lowest BCUT2D eigenvalue weighted by molar-refractivity contribution is 0.0103. The molecule has 1 aromatic heterocycles. The molecule has 1 aromatic carbocycles. The van der Waals surface area contributed by atoms with E-state index in [2.05, 4.69) is 10.3 Å². The van der Waals surface area contributed by atoms with Crippen LogP contribution in [0.15, 0.2) is 22.6 Å². The fourth-order valence-corrected chi connectivity index (χ4v) is 2.50. The molecule has 134 valence electrons. The number of rotatable bonds is 3. The lowest BCUT2D eigenvalue weighted by atomic mass is 10.1. The van der Waals surface area contributed by atoms with E-state index < -0.39 is 11.6 Å². The Bertz CT molecular complexity index is 802. The number of fused-ring (bicyclic) bond motifs is 1. The number of ether oxygens (including phenoxy) is 2. The molecule has 8 heteroatoms. The van der Waals surface area contributed by atoms with Crippen molar-refractivity contribution in [1.29, 1.82) is 0 Å². The summed E-state index contributed by atoms with van der Waals surface area (Å²) in [6, 6.07) is 5.39. The van der Waals surface area contributed by atoms with Gasteiger partial charge in [0.1, 0.15) is 11.1 Å². The molecule has 0 spiro atoms. The molecule has 0 saturated carbocycles. The average molecular weight is 347 g/mol. The van der Waals surface area contributed by atoms with Crippen molar-refractivity contribution in [3.8, 4) is 0 Å². The molecule has 1 N–H and O–H groups in total. The number of para-hydroxylation sites is 1. The first kappa shape index (κ1) is 17.1. The van der Waals surface area contributed by atoms with E-state index >= 15 is 0 Å². The number of nitrogens with one attached hydrogen (secondary N) is 1. The van der Waals surface area contributed by atoms with Crippen LogP contribution < -0.4 is 5.32 Å². The van der Waals surface area contributed by atoms with Crippen LogP contribution in [0.3, 0.4) is 0 Å². The number of carbonyl (C=O) groups excluding carboxylic acids is 2. The summed E-state index contributed by atoms with van der Waals surface area (Å²) in [7, 11) is 1.32. The molecule has 1 aliphatic heterocycles. The quantitative estimate of drug-likeness (QED) is 0.853. The van der Waals surface area contributed by atoms with Gasteiger partial charge in [-0.2, -0.15) is 4.98 Å². The Morgan fingerprint density at radius 1 is 1.32 bits per heavy atom. The average Bonchev–Trinajstić information content (AvgIpc) is 2.90. The predicted molar refractivity (Wildman–Crippen MR) is 90.6 cm³/mol. The third kappa shape index (κ3) is 3.67. The Morgan fingerprint density at radius 2 is 2.04 bits per heavy atom. The first-order chi connectivity index (χ1) is 11.8. The molecule has 2 heterocycles. The second-order valence-corrected chi connectivity index (χ2v) is 6.89. The Kier molecular flexibility index (Phi) is 4.28.